The van der Waals surface area contributed by atoms with Crippen molar-refractivity contribution < 1.29 is 14.3 Å². The van der Waals surface area contributed by atoms with Gasteiger partial charge in [0.25, 0.3) is 11.7 Å². The maximum Gasteiger partial charge on any atom is 0.292 e. The Morgan fingerprint density at radius 3 is 2.47 bits per heavy atom. The van der Waals surface area contributed by atoms with Crippen molar-refractivity contribution in [1.29, 1.82) is 0 Å². The molecule has 1 saturated heterocycles. The summed E-state index contributed by atoms with van der Waals surface area (Å²) in [6.07, 6.45) is 3.24. The number of nitrogens with zero attached hydrogens (tertiary/aromatic N) is 1. The number of carbonyl (C=O) groups is 2. The van der Waals surface area contributed by atoms with Gasteiger partial charge in [-0.25, -0.2) is 0 Å². The lowest BCUT2D eigenvalue weighted by atomic mass is 10.0. The van der Waals surface area contributed by atoms with Gasteiger partial charge >= 0.3 is 0 Å². The van der Waals surface area contributed by atoms with Crippen molar-refractivity contribution >= 4 is 22.6 Å². The van der Waals surface area contributed by atoms with Crippen LogP contribution < -0.4 is 10.1 Å². The smallest absolute Gasteiger partial charge is 0.292 e. The largest absolute Gasteiger partial charge is 0.457 e. The molecule has 0 aliphatic carbocycles. The van der Waals surface area contributed by atoms with Crippen LogP contribution in [-0.2, 0) is 11.3 Å². The zero-order valence-electron chi connectivity index (χ0n) is 18.9. The third-order valence-electron chi connectivity index (χ3n) is 6.25. The van der Waals surface area contributed by atoms with E-state index in [2.05, 4.69) is 27.3 Å². The summed E-state index contributed by atoms with van der Waals surface area (Å²) < 4.78 is 5.95. The van der Waals surface area contributed by atoms with Gasteiger partial charge in [0.15, 0.2) is 0 Å². The number of rotatable bonds is 7. The minimum Gasteiger partial charge on any atom is -0.457 e. The van der Waals surface area contributed by atoms with E-state index < -0.39 is 11.7 Å². The number of para-hydroxylation sites is 2. The van der Waals surface area contributed by atoms with Gasteiger partial charge in [0.2, 0.25) is 0 Å². The number of amides is 1. The van der Waals surface area contributed by atoms with Gasteiger partial charge < -0.3 is 15.0 Å². The number of nitrogens with one attached hydrogen (secondary N) is 2. The molecule has 1 fully saturated rings. The van der Waals surface area contributed by atoms with Crippen molar-refractivity contribution in [3.05, 3.63) is 96.2 Å². The number of hydrogen-bond acceptors (Lipinski definition) is 4. The fourth-order valence-corrected chi connectivity index (χ4v) is 4.46. The molecule has 4 aromatic rings. The Morgan fingerprint density at radius 2 is 1.65 bits per heavy atom. The van der Waals surface area contributed by atoms with Crippen molar-refractivity contribution in [3.63, 3.8) is 0 Å². The maximum atomic E-state index is 12.7. The zero-order valence-corrected chi connectivity index (χ0v) is 18.9. The molecule has 172 valence electrons. The monoisotopic (exact) mass is 453 g/mol. The summed E-state index contributed by atoms with van der Waals surface area (Å²) in [5.41, 5.74) is 2.46. The molecule has 1 aliphatic heterocycles. The number of piperidine rings is 1. The van der Waals surface area contributed by atoms with Gasteiger partial charge in [-0.15, -0.1) is 0 Å². The van der Waals surface area contributed by atoms with Crippen molar-refractivity contribution in [3.8, 4) is 11.5 Å². The number of likely N-dealkylation sites (tertiary alicyclic amines) is 1. The summed E-state index contributed by atoms with van der Waals surface area (Å²) in [5, 5.41) is 3.72. The van der Waals surface area contributed by atoms with E-state index in [4.69, 9.17) is 4.74 Å². The van der Waals surface area contributed by atoms with E-state index in [0.29, 0.717) is 5.56 Å². The molecular formula is C28H27N3O3. The average molecular weight is 454 g/mol. The van der Waals surface area contributed by atoms with Crippen LogP contribution in [0.2, 0.25) is 0 Å². The van der Waals surface area contributed by atoms with E-state index in [-0.39, 0.29) is 6.04 Å². The normalized spacial score (nSPS) is 14.7. The topological polar surface area (TPSA) is 74.4 Å². The summed E-state index contributed by atoms with van der Waals surface area (Å²) in [5.74, 6) is 0.615. The highest BCUT2D eigenvalue weighted by Gasteiger charge is 2.25. The molecular weight excluding hydrogens is 426 g/mol. The fraction of sp³-hybridized carbons (Fsp3) is 0.214. The number of benzene rings is 3. The third-order valence-corrected chi connectivity index (χ3v) is 6.25. The highest BCUT2D eigenvalue weighted by molar-refractivity contribution is 6.45. The predicted octanol–water partition coefficient (Wildman–Crippen LogP) is 4.92. The number of Topliss-reactive ketones (excluding diaryl/α,β-unsaturated/α-hetero) is 1. The first-order valence-corrected chi connectivity index (χ1v) is 11.6. The summed E-state index contributed by atoms with van der Waals surface area (Å²) >= 11 is 0. The van der Waals surface area contributed by atoms with Crippen LogP contribution in [0.1, 0.15) is 28.8 Å². The van der Waals surface area contributed by atoms with Crippen LogP contribution in [0.3, 0.4) is 0 Å². The number of H-pyrrole nitrogens is 1. The van der Waals surface area contributed by atoms with Gasteiger partial charge in [-0.05, 0) is 48.7 Å². The Morgan fingerprint density at radius 1 is 0.912 bits per heavy atom. The second-order valence-electron chi connectivity index (χ2n) is 8.66. The lowest BCUT2D eigenvalue weighted by Gasteiger charge is -2.32. The Balaban J connectivity index is 1.13. The lowest BCUT2D eigenvalue weighted by Crippen LogP contribution is -2.46. The van der Waals surface area contributed by atoms with E-state index >= 15 is 0 Å². The van der Waals surface area contributed by atoms with Crippen molar-refractivity contribution in [1.82, 2.24) is 15.2 Å². The van der Waals surface area contributed by atoms with Gasteiger partial charge in [0, 0.05) is 42.8 Å². The van der Waals surface area contributed by atoms with Crippen LogP contribution in [-0.4, -0.2) is 40.7 Å². The molecule has 5 rings (SSSR count). The molecule has 2 N–H and O–H groups in total. The van der Waals surface area contributed by atoms with E-state index in [9.17, 15) is 9.59 Å². The van der Waals surface area contributed by atoms with Gasteiger partial charge in [-0.3, -0.25) is 14.5 Å². The number of ketones is 1. The van der Waals surface area contributed by atoms with Crippen LogP contribution in [0.4, 0.5) is 0 Å². The van der Waals surface area contributed by atoms with Crippen molar-refractivity contribution in [2.24, 2.45) is 0 Å². The number of carbonyl (C=O) groups excluding carboxylic acids is 2. The number of ether oxygens (including phenoxy) is 1. The summed E-state index contributed by atoms with van der Waals surface area (Å²) in [6, 6.07) is 25.4. The van der Waals surface area contributed by atoms with Crippen LogP contribution in [0, 0.1) is 0 Å². The third kappa shape index (κ3) is 5.02. The standard InChI is InChI=1S/C28H27N3O3/c32-27(25-18-29-26-12-5-4-11-24(25)26)28(33)30-21-13-15-31(16-14-21)19-20-7-6-10-23(17-20)34-22-8-2-1-3-9-22/h1-12,17-18,21,29H,13-16,19H2,(H,30,33). The van der Waals surface area contributed by atoms with Crippen LogP contribution in [0.5, 0.6) is 11.5 Å². The van der Waals surface area contributed by atoms with Gasteiger partial charge in [-0.2, -0.15) is 0 Å². The Labute approximate surface area is 198 Å². The van der Waals surface area contributed by atoms with E-state index in [1.165, 1.54) is 5.56 Å². The molecule has 1 aromatic heterocycles. The molecule has 34 heavy (non-hydrogen) atoms. The summed E-state index contributed by atoms with van der Waals surface area (Å²) in [6.45, 7) is 2.53. The Bertz CT molecular complexity index is 1290. The van der Waals surface area contributed by atoms with E-state index in [1.54, 1.807) is 6.20 Å². The molecule has 6 heteroatoms. The molecule has 6 nitrogen and oxygen atoms in total. The molecule has 0 saturated carbocycles. The molecule has 0 radical (unpaired) electrons. The summed E-state index contributed by atoms with van der Waals surface area (Å²) in [7, 11) is 0. The first-order valence-electron chi connectivity index (χ1n) is 11.6. The van der Waals surface area contributed by atoms with Crippen LogP contribution in [0.15, 0.2) is 85.1 Å². The van der Waals surface area contributed by atoms with E-state index in [1.807, 2.05) is 66.7 Å². The number of aromatic nitrogens is 1. The first kappa shape index (κ1) is 21.9. The molecule has 0 atom stereocenters. The average Bonchev–Trinajstić information content (AvgIpc) is 3.30. The van der Waals surface area contributed by atoms with E-state index in [0.717, 1.165) is 54.9 Å². The minimum absolute atomic E-state index is 0.00524. The first-order chi connectivity index (χ1) is 16.7. The molecule has 0 bridgehead atoms. The minimum atomic E-state index is -0.533. The van der Waals surface area contributed by atoms with Gasteiger partial charge in [-0.1, -0.05) is 48.5 Å². The predicted molar refractivity (Wildman–Crippen MR) is 132 cm³/mol. The highest BCUT2D eigenvalue weighted by atomic mass is 16.5. The Hall–Kier alpha value is -3.90. The number of hydrogen-bond donors (Lipinski definition) is 2. The van der Waals surface area contributed by atoms with Crippen molar-refractivity contribution in [2.45, 2.75) is 25.4 Å². The molecule has 1 aliphatic rings. The number of fused-ring (bicyclic) bond motifs is 1. The number of aromatic amines is 1. The van der Waals surface area contributed by atoms with Gasteiger partial charge in [0.1, 0.15) is 11.5 Å². The van der Waals surface area contributed by atoms with Crippen molar-refractivity contribution in [2.75, 3.05) is 13.1 Å². The highest BCUT2D eigenvalue weighted by Crippen LogP contribution is 2.23. The second-order valence-corrected chi connectivity index (χ2v) is 8.66. The molecule has 0 spiro atoms. The fourth-order valence-electron chi connectivity index (χ4n) is 4.46. The molecule has 2 heterocycles. The lowest BCUT2D eigenvalue weighted by molar-refractivity contribution is -0.118. The Kier molecular flexibility index (Phi) is 6.40. The quantitative estimate of drug-likeness (QED) is 0.308. The van der Waals surface area contributed by atoms with Gasteiger partial charge in [0.05, 0.1) is 5.56 Å². The van der Waals surface area contributed by atoms with Crippen LogP contribution in [0.25, 0.3) is 10.9 Å². The maximum absolute atomic E-state index is 12.7. The zero-order chi connectivity index (χ0) is 23.3. The molecule has 3 aromatic carbocycles. The van der Waals surface area contributed by atoms with Crippen LogP contribution >= 0.6 is 0 Å². The second kappa shape index (κ2) is 9.93. The summed E-state index contributed by atoms with van der Waals surface area (Å²) in [4.78, 5) is 30.7. The molecule has 0 unspecified atom stereocenters. The molecule has 1 amide bonds. The SMILES string of the molecule is O=C(NC1CCN(Cc2cccc(Oc3ccccc3)c2)CC1)C(=O)c1c[nH]c2ccccc12.